The first kappa shape index (κ1) is 19.4. The third-order valence-electron chi connectivity index (χ3n) is 3.85. The van der Waals surface area contributed by atoms with Gasteiger partial charge in [-0.25, -0.2) is 0 Å². The zero-order chi connectivity index (χ0) is 19.3. The molecule has 0 unspecified atom stereocenters. The maximum absolute atomic E-state index is 12.4. The van der Waals surface area contributed by atoms with E-state index in [4.69, 9.17) is 16.3 Å². The third-order valence-corrected chi connectivity index (χ3v) is 4.26. The molecule has 6 heteroatoms. The summed E-state index contributed by atoms with van der Waals surface area (Å²) >= 11 is 6.08. The molecule has 5 nitrogen and oxygen atoms in total. The Morgan fingerprint density at radius 1 is 1.15 bits per heavy atom. The van der Waals surface area contributed by atoms with Crippen molar-refractivity contribution in [1.82, 2.24) is 0 Å². The Hall–Kier alpha value is -2.97. The number of carbonyl (C=O) groups excluding carboxylic acids is 1. The number of ether oxygens (including phenoxy) is 1. The zero-order valence-electron chi connectivity index (χ0n) is 15.1. The summed E-state index contributed by atoms with van der Waals surface area (Å²) in [5, 5.41) is 15.6. The normalized spacial score (nSPS) is 10.8. The smallest absolute Gasteiger partial charge is 0.267 e. The number of benzene rings is 2. The fourth-order valence-electron chi connectivity index (χ4n) is 2.39. The Bertz CT molecular complexity index is 914. The molecule has 2 aromatic rings. The monoisotopic (exact) mass is 369 g/mol. The van der Waals surface area contributed by atoms with Crippen LogP contribution in [0.15, 0.2) is 42.1 Å². The van der Waals surface area contributed by atoms with E-state index in [1.165, 1.54) is 13.3 Å². The van der Waals surface area contributed by atoms with E-state index >= 15 is 0 Å². The van der Waals surface area contributed by atoms with Crippen LogP contribution >= 0.6 is 11.6 Å². The third kappa shape index (κ3) is 4.56. The SMILES string of the molecule is COc1cc(Cl)c(C)cc1N/C=C(/C#N)C(=O)Nc1ccc(C)cc1C. The van der Waals surface area contributed by atoms with Crippen molar-refractivity contribution in [2.75, 3.05) is 17.7 Å². The highest BCUT2D eigenvalue weighted by Gasteiger charge is 2.12. The minimum atomic E-state index is -0.489. The standard InChI is InChI=1S/C20H20ClN3O2/c1-12-5-6-17(14(3)7-12)24-20(25)15(10-22)11-23-18-8-13(2)16(21)9-19(18)26-4/h5-9,11,23H,1-4H3,(H,24,25)/b15-11-. The van der Waals surface area contributed by atoms with Crippen LogP contribution in [-0.4, -0.2) is 13.0 Å². The predicted molar refractivity (Wildman–Crippen MR) is 105 cm³/mol. The van der Waals surface area contributed by atoms with Gasteiger partial charge in [-0.2, -0.15) is 5.26 Å². The van der Waals surface area contributed by atoms with Crippen molar-refractivity contribution in [1.29, 1.82) is 5.26 Å². The number of nitrogens with zero attached hydrogens (tertiary/aromatic N) is 1. The molecule has 0 saturated heterocycles. The fraction of sp³-hybridized carbons (Fsp3) is 0.200. The number of methoxy groups -OCH3 is 1. The van der Waals surface area contributed by atoms with Crippen LogP contribution in [0.5, 0.6) is 5.75 Å². The van der Waals surface area contributed by atoms with E-state index in [1.54, 1.807) is 12.1 Å². The van der Waals surface area contributed by atoms with Gasteiger partial charge in [-0.15, -0.1) is 0 Å². The molecule has 1 amide bonds. The van der Waals surface area contributed by atoms with Crippen LogP contribution in [-0.2, 0) is 4.79 Å². The average Bonchev–Trinajstić information content (AvgIpc) is 2.60. The van der Waals surface area contributed by atoms with Crippen LogP contribution in [0.4, 0.5) is 11.4 Å². The first-order valence-electron chi connectivity index (χ1n) is 7.95. The highest BCUT2D eigenvalue weighted by Crippen LogP contribution is 2.31. The number of nitriles is 1. The summed E-state index contributed by atoms with van der Waals surface area (Å²) in [7, 11) is 1.52. The van der Waals surface area contributed by atoms with E-state index in [-0.39, 0.29) is 5.57 Å². The van der Waals surface area contributed by atoms with Crippen LogP contribution in [0.25, 0.3) is 0 Å². The van der Waals surface area contributed by atoms with E-state index in [9.17, 15) is 10.1 Å². The van der Waals surface area contributed by atoms with Gasteiger partial charge in [0.2, 0.25) is 0 Å². The lowest BCUT2D eigenvalue weighted by Crippen LogP contribution is -2.15. The summed E-state index contributed by atoms with van der Waals surface area (Å²) in [6, 6.07) is 11.0. The van der Waals surface area contributed by atoms with Gasteiger partial charge in [-0.3, -0.25) is 4.79 Å². The van der Waals surface area contributed by atoms with E-state index in [2.05, 4.69) is 10.6 Å². The first-order chi connectivity index (χ1) is 12.3. The number of amides is 1. The summed E-state index contributed by atoms with van der Waals surface area (Å²) in [6.45, 7) is 5.73. The second-order valence-electron chi connectivity index (χ2n) is 5.89. The summed E-state index contributed by atoms with van der Waals surface area (Å²) in [5.41, 5.74) is 4.10. The number of rotatable bonds is 5. The van der Waals surface area contributed by atoms with Gasteiger partial charge in [0, 0.05) is 23.0 Å². The minimum Gasteiger partial charge on any atom is -0.495 e. The summed E-state index contributed by atoms with van der Waals surface area (Å²) in [4.78, 5) is 12.4. The molecule has 2 aromatic carbocycles. The van der Waals surface area contributed by atoms with Crippen LogP contribution in [0.3, 0.4) is 0 Å². The Morgan fingerprint density at radius 3 is 2.50 bits per heavy atom. The molecule has 2 N–H and O–H groups in total. The molecule has 2 rings (SSSR count). The summed E-state index contributed by atoms with van der Waals surface area (Å²) in [5.74, 6) is 0.0283. The molecule has 0 saturated carbocycles. The molecule has 0 radical (unpaired) electrons. The molecule has 0 aliphatic heterocycles. The lowest BCUT2D eigenvalue weighted by atomic mass is 10.1. The van der Waals surface area contributed by atoms with Gasteiger partial charge in [0.25, 0.3) is 5.91 Å². The Balaban J connectivity index is 2.21. The number of nitrogens with one attached hydrogen (secondary N) is 2. The van der Waals surface area contributed by atoms with Gasteiger partial charge in [0.05, 0.1) is 12.8 Å². The van der Waals surface area contributed by atoms with E-state index in [0.29, 0.717) is 22.1 Å². The van der Waals surface area contributed by atoms with Gasteiger partial charge < -0.3 is 15.4 Å². The molecule has 0 bridgehead atoms. The van der Waals surface area contributed by atoms with E-state index < -0.39 is 5.91 Å². The van der Waals surface area contributed by atoms with Crippen molar-refractivity contribution < 1.29 is 9.53 Å². The van der Waals surface area contributed by atoms with Crippen molar-refractivity contribution >= 4 is 28.9 Å². The van der Waals surface area contributed by atoms with Crippen molar-refractivity contribution in [3.05, 3.63) is 63.8 Å². The van der Waals surface area contributed by atoms with Gasteiger partial charge in [-0.05, 0) is 44.0 Å². The molecule has 0 aliphatic rings. The van der Waals surface area contributed by atoms with Gasteiger partial charge in [0.15, 0.2) is 0 Å². The van der Waals surface area contributed by atoms with Gasteiger partial charge >= 0.3 is 0 Å². The number of hydrogen-bond acceptors (Lipinski definition) is 4. The number of halogens is 1. The molecule has 0 aliphatic carbocycles. The van der Waals surface area contributed by atoms with Crippen LogP contribution < -0.4 is 15.4 Å². The zero-order valence-corrected chi connectivity index (χ0v) is 15.9. The number of aryl methyl sites for hydroxylation is 3. The van der Waals surface area contributed by atoms with Gasteiger partial charge in [0.1, 0.15) is 17.4 Å². The second-order valence-corrected chi connectivity index (χ2v) is 6.30. The molecule has 0 heterocycles. The fourth-order valence-corrected chi connectivity index (χ4v) is 2.54. The Labute approximate surface area is 158 Å². The maximum Gasteiger partial charge on any atom is 0.267 e. The minimum absolute atomic E-state index is 0.0559. The molecule has 0 aromatic heterocycles. The molecule has 0 atom stereocenters. The quantitative estimate of drug-likeness (QED) is 0.590. The second kappa shape index (κ2) is 8.41. The average molecular weight is 370 g/mol. The van der Waals surface area contributed by atoms with Crippen molar-refractivity contribution in [3.63, 3.8) is 0 Å². The predicted octanol–water partition coefficient (Wildman–Crippen LogP) is 4.73. The number of hydrogen-bond donors (Lipinski definition) is 2. The molecule has 134 valence electrons. The molecular weight excluding hydrogens is 350 g/mol. The Kier molecular flexibility index (Phi) is 6.26. The lowest BCUT2D eigenvalue weighted by molar-refractivity contribution is -0.112. The number of anilines is 2. The van der Waals surface area contributed by atoms with E-state index in [0.717, 1.165) is 16.7 Å². The van der Waals surface area contributed by atoms with Crippen molar-refractivity contribution in [2.45, 2.75) is 20.8 Å². The topological polar surface area (TPSA) is 74.1 Å². The first-order valence-corrected chi connectivity index (χ1v) is 8.33. The lowest BCUT2D eigenvalue weighted by Gasteiger charge is -2.11. The molecule has 0 spiro atoms. The number of carbonyl (C=O) groups is 1. The summed E-state index contributed by atoms with van der Waals surface area (Å²) < 4.78 is 5.27. The van der Waals surface area contributed by atoms with Crippen molar-refractivity contribution in [2.24, 2.45) is 0 Å². The molecule has 26 heavy (non-hydrogen) atoms. The molecule has 0 fully saturated rings. The molecular formula is C20H20ClN3O2. The highest BCUT2D eigenvalue weighted by molar-refractivity contribution is 6.31. The van der Waals surface area contributed by atoms with Gasteiger partial charge in [-0.1, -0.05) is 29.3 Å². The van der Waals surface area contributed by atoms with Crippen LogP contribution in [0, 0.1) is 32.1 Å². The van der Waals surface area contributed by atoms with Crippen LogP contribution in [0.1, 0.15) is 16.7 Å². The highest BCUT2D eigenvalue weighted by atomic mass is 35.5. The maximum atomic E-state index is 12.4. The Morgan fingerprint density at radius 2 is 1.88 bits per heavy atom. The largest absolute Gasteiger partial charge is 0.495 e. The van der Waals surface area contributed by atoms with Crippen molar-refractivity contribution in [3.8, 4) is 11.8 Å². The van der Waals surface area contributed by atoms with E-state index in [1.807, 2.05) is 45.0 Å². The summed E-state index contributed by atoms with van der Waals surface area (Å²) in [6.07, 6.45) is 1.35. The van der Waals surface area contributed by atoms with Crippen LogP contribution in [0.2, 0.25) is 5.02 Å².